The molecule has 2 aromatic carbocycles. The number of carboxylic acids is 1. The van der Waals surface area contributed by atoms with Crippen molar-refractivity contribution < 1.29 is 24.9 Å². The Morgan fingerprint density at radius 2 is 1.61 bits per heavy atom. The fourth-order valence-electron chi connectivity index (χ4n) is 2.51. The van der Waals surface area contributed by atoms with Crippen LogP contribution in [0.1, 0.15) is 27.9 Å². The summed E-state index contributed by atoms with van der Waals surface area (Å²) in [5, 5.41) is 29.0. The van der Waals surface area contributed by atoms with Gasteiger partial charge in [0.25, 0.3) is 0 Å². The van der Waals surface area contributed by atoms with E-state index >= 15 is 0 Å². The van der Waals surface area contributed by atoms with Gasteiger partial charge in [0.05, 0.1) is 5.92 Å². The third-order valence-electron chi connectivity index (χ3n) is 3.63. The monoisotopic (exact) mass is 314 g/mol. The van der Waals surface area contributed by atoms with Crippen LogP contribution in [0.4, 0.5) is 0 Å². The van der Waals surface area contributed by atoms with Gasteiger partial charge in [-0.05, 0) is 36.6 Å². The number of carboxylic acid groups (broad SMARTS) is 1. The van der Waals surface area contributed by atoms with Gasteiger partial charge in [0.15, 0.2) is 5.78 Å². The van der Waals surface area contributed by atoms with E-state index in [1.807, 2.05) is 6.07 Å². The molecule has 5 nitrogen and oxygen atoms in total. The maximum absolute atomic E-state index is 12.3. The number of hydrogen-bond acceptors (Lipinski definition) is 4. The second-order valence-corrected chi connectivity index (χ2v) is 5.53. The first-order valence-corrected chi connectivity index (χ1v) is 7.21. The fourth-order valence-corrected chi connectivity index (χ4v) is 2.51. The number of hydrogen-bond donors (Lipinski definition) is 3. The third kappa shape index (κ3) is 4.10. The van der Waals surface area contributed by atoms with E-state index in [4.69, 9.17) is 0 Å². The summed E-state index contributed by atoms with van der Waals surface area (Å²) in [5.74, 6) is -3.28. The first-order chi connectivity index (χ1) is 10.9. The zero-order chi connectivity index (χ0) is 17.0. The summed E-state index contributed by atoms with van der Waals surface area (Å²) in [4.78, 5) is 23.7. The highest BCUT2D eigenvalue weighted by Crippen LogP contribution is 2.31. The van der Waals surface area contributed by atoms with Gasteiger partial charge in [0.2, 0.25) is 0 Å². The van der Waals surface area contributed by atoms with E-state index in [0.29, 0.717) is 5.56 Å². The first kappa shape index (κ1) is 16.5. The van der Waals surface area contributed by atoms with E-state index in [1.54, 1.807) is 31.2 Å². The van der Waals surface area contributed by atoms with Gasteiger partial charge < -0.3 is 15.3 Å². The average Bonchev–Trinajstić information content (AvgIpc) is 2.46. The van der Waals surface area contributed by atoms with E-state index in [2.05, 4.69) is 0 Å². The van der Waals surface area contributed by atoms with Crippen LogP contribution >= 0.6 is 0 Å². The summed E-state index contributed by atoms with van der Waals surface area (Å²) in [6.45, 7) is 1.67. The van der Waals surface area contributed by atoms with Crippen LogP contribution in [0.15, 0.2) is 42.5 Å². The van der Waals surface area contributed by atoms with Crippen molar-refractivity contribution in [2.75, 3.05) is 0 Å². The number of aryl methyl sites for hydroxylation is 1. The van der Waals surface area contributed by atoms with Gasteiger partial charge >= 0.3 is 5.97 Å². The van der Waals surface area contributed by atoms with E-state index < -0.39 is 17.7 Å². The molecule has 0 amide bonds. The van der Waals surface area contributed by atoms with Gasteiger partial charge in [-0.25, -0.2) is 0 Å². The minimum Gasteiger partial charge on any atom is -0.507 e. The highest BCUT2D eigenvalue weighted by molar-refractivity contribution is 6.02. The summed E-state index contributed by atoms with van der Waals surface area (Å²) in [5.41, 5.74) is 1.19. The molecule has 0 unspecified atom stereocenters. The lowest BCUT2D eigenvalue weighted by atomic mass is 9.91. The summed E-state index contributed by atoms with van der Waals surface area (Å²) in [6, 6.07) is 11.7. The Morgan fingerprint density at radius 3 is 2.13 bits per heavy atom. The quantitative estimate of drug-likeness (QED) is 0.713. The molecule has 0 heterocycles. The summed E-state index contributed by atoms with van der Waals surface area (Å²) in [6.07, 6.45) is -0.0935. The van der Waals surface area contributed by atoms with Gasteiger partial charge in [-0.3, -0.25) is 9.59 Å². The molecule has 3 N–H and O–H groups in total. The van der Waals surface area contributed by atoms with E-state index in [-0.39, 0.29) is 29.9 Å². The van der Waals surface area contributed by atoms with Crippen molar-refractivity contribution in [1.29, 1.82) is 0 Å². The van der Waals surface area contributed by atoms with Crippen LogP contribution in [-0.4, -0.2) is 27.1 Å². The van der Waals surface area contributed by atoms with Crippen molar-refractivity contribution in [3.8, 4) is 11.5 Å². The van der Waals surface area contributed by atoms with E-state index in [0.717, 1.165) is 5.56 Å². The molecule has 0 radical (unpaired) electrons. The Bertz CT molecular complexity index is 698. The standard InChI is InChI=1S/C18H18O5/c1-11-7-14(19)17(15(20)8-11)16(21)10-13(18(22)23)9-12-5-3-2-4-6-12/h2-8,13,19-20H,9-10H2,1H3,(H,22,23)/t13-/m1/s1. The van der Waals surface area contributed by atoms with Crippen LogP contribution in [0, 0.1) is 12.8 Å². The number of carbonyl (C=O) groups is 2. The number of carbonyl (C=O) groups excluding carboxylic acids is 1. The maximum atomic E-state index is 12.3. The SMILES string of the molecule is Cc1cc(O)c(C(=O)C[C@@H](Cc2ccccc2)C(=O)O)c(O)c1. The van der Waals surface area contributed by atoms with Crippen molar-refractivity contribution in [2.24, 2.45) is 5.92 Å². The molecule has 0 aliphatic heterocycles. The van der Waals surface area contributed by atoms with Crippen molar-refractivity contribution in [2.45, 2.75) is 19.8 Å². The Kier molecular flexibility index (Phi) is 5.01. The molecule has 0 bridgehead atoms. The minimum atomic E-state index is -1.09. The Labute approximate surface area is 133 Å². The molecule has 5 heteroatoms. The number of aromatic hydroxyl groups is 2. The second-order valence-electron chi connectivity index (χ2n) is 5.53. The molecule has 0 aliphatic rings. The molecule has 0 saturated heterocycles. The Hall–Kier alpha value is -2.82. The molecule has 0 fully saturated rings. The lowest BCUT2D eigenvalue weighted by Gasteiger charge is -2.13. The maximum Gasteiger partial charge on any atom is 0.307 e. The van der Waals surface area contributed by atoms with E-state index in [1.165, 1.54) is 12.1 Å². The molecular weight excluding hydrogens is 296 g/mol. The normalized spacial score (nSPS) is 11.9. The third-order valence-corrected chi connectivity index (χ3v) is 3.63. The molecule has 2 rings (SSSR count). The number of Topliss-reactive ketones (excluding diaryl/α,β-unsaturated/α-hetero) is 1. The topological polar surface area (TPSA) is 94.8 Å². The molecule has 0 spiro atoms. The smallest absolute Gasteiger partial charge is 0.307 e. The van der Waals surface area contributed by atoms with Crippen LogP contribution in [0.25, 0.3) is 0 Å². The molecule has 23 heavy (non-hydrogen) atoms. The number of phenolic OH excluding ortho intramolecular Hbond substituents is 2. The number of ketones is 1. The van der Waals surface area contributed by atoms with Gasteiger partial charge in [-0.1, -0.05) is 30.3 Å². The number of rotatable bonds is 6. The van der Waals surface area contributed by atoms with Gasteiger partial charge in [0, 0.05) is 6.42 Å². The fraction of sp³-hybridized carbons (Fsp3) is 0.222. The Morgan fingerprint density at radius 1 is 1.04 bits per heavy atom. The zero-order valence-corrected chi connectivity index (χ0v) is 12.7. The van der Waals surface area contributed by atoms with Crippen molar-refractivity contribution in [3.05, 3.63) is 59.2 Å². The van der Waals surface area contributed by atoms with Gasteiger partial charge in [-0.15, -0.1) is 0 Å². The molecule has 0 aromatic heterocycles. The Balaban J connectivity index is 2.21. The van der Waals surface area contributed by atoms with Crippen molar-refractivity contribution in [1.82, 2.24) is 0 Å². The molecule has 2 aromatic rings. The predicted molar refractivity (Wildman–Crippen MR) is 84.7 cm³/mol. The van der Waals surface area contributed by atoms with Crippen LogP contribution in [0.3, 0.4) is 0 Å². The second kappa shape index (κ2) is 6.96. The number of benzene rings is 2. The molecule has 0 aliphatic carbocycles. The average molecular weight is 314 g/mol. The predicted octanol–water partition coefficient (Wildman–Crippen LogP) is 2.92. The summed E-state index contributed by atoms with van der Waals surface area (Å²) in [7, 11) is 0. The number of phenols is 2. The van der Waals surface area contributed by atoms with Crippen LogP contribution in [0.2, 0.25) is 0 Å². The molecular formula is C18H18O5. The lowest BCUT2D eigenvalue weighted by Crippen LogP contribution is -2.20. The van der Waals surface area contributed by atoms with Gasteiger partial charge in [-0.2, -0.15) is 0 Å². The first-order valence-electron chi connectivity index (χ1n) is 7.21. The number of aliphatic carboxylic acids is 1. The van der Waals surface area contributed by atoms with Crippen molar-refractivity contribution >= 4 is 11.8 Å². The van der Waals surface area contributed by atoms with Gasteiger partial charge in [0.1, 0.15) is 17.1 Å². The summed E-state index contributed by atoms with van der Waals surface area (Å²) < 4.78 is 0. The van der Waals surface area contributed by atoms with Crippen LogP contribution < -0.4 is 0 Å². The molecule has 120 valence electrons. The lowest BCUT2D eigenvalue weighted by molar-refractivity contribution is -0.141. The van der Waals surface area contributed by atoms with Crippen LogP contribution in [-0.2, 0) is 11.2 Å². The highest BCUT2D eigenvalue weighted by atomic mass is 16.4. The van der Waals surface area contributed by atoms with Crippen molar-refractivity contribution in [3.63, 3.8) is 0 Å². The molecule has 1 atom stereocenters. The van der Waals surface area contributed by atoms with Crippen LogP contribution in [0.5, 0.6) is 11.5 Å². The molecule has 0 saturated carbocycles. The van der Waals surface area contributed by atoms with E-state index in [9.17, 15) is 24.9 Å². The minimum absolute atomic E-state index is 0.204. The highest BCUT2D eigenvalue weighted by Gasteiger charge is 2.25. The summed E-state index contributed by atoms with van der Waals surface area (Å²) >= 11 is 0. The zero-order valence-electron chi connectivity index (χ0n) is 12.7. The largest absolute Gasteiger partial charge is 0.507 e.